The lowest BCUT2D eigenvalue weighted by Crippen LogP contribution is -2.13. The van der Waals surface area contributed by atoms with Crippen molar-refractivity contribution in [3.05, 3.63) is 77.7 Å². The predicted molar refractivity (Wildman–Crippen MR) is 95.8 cm³/mol. The van der Waals surface area contributed by atoms with Crippen molar-refractivity contribution in [1.29, 1.82) is 0 Å². The highest BCUT2D eigenvalue weighted by atomic mass is 19.4. The molecule has 0 saturated heterocycles. The molecule has 1 aromatic carbocycles. The molecule has 2 heterocycles. The number of hydrogen-bond donors (Lipinski definition) is 2. The molecule has 144 valence electrons. The van der Waals surface area contributed by atoms with E-state index in [2.05, 4.69) is 15.3 Å². The van der Waals surface area contributed by atoms with E-state index in [9.17, 15) is 18.0 Å². The van der Waals surface area contributed by atoms with Crippen molar-refractivity contribution in [3.8, 4) is 11.6 Å². The Bertz CT molecular complexity index is 978. The van der Waals surface area contributed by atoms with Crippen LogP contribution in [0.25, 0.3) is 0 Å². The first-order valence-corrected chi connectivity index (χ1v) is 8.13. The van der Waals surface area contributed by atoms with Gasteiger partial charge >= 0.3 is 6.18 Å². The second kappa shape index (κ2) is 8.05. The van der Waals surface area contributed by atoms with Crippen LogP contribution in [0.2, 0.25) is 0 Å². The summed E-state index contributed by atoms with van der Waals surface area (Å²) in [6, 6.07) is 13.6. The topological polar surface area (TPSA) is 90.1 Å². The third kappa shape index (κ3) is 4.83. The average molecular weight is 388 g/mol. The second-order valence-corrected chi connectivity index (χ2v) is 5.70. The molecule has 0 fully saturated rings. The number of rotatable bonds is 5. The number of para-hydroxylation sites is 1. The zero-order valence-corrected chi connectivity index (χ0v) is 14.4. The maximum Gasteiger partial charge on any atom is 0.433 e. The summed E-state index contributed by atoms with van der Waals surface area (Å²) in [5, 5.41) is 2.66. The van der Waals surface area contributed by atoms with Crippen molar-refractivity contribution in [1.82, 2.24) is 9.97 Å². The van der Waals surface area contributed by atoms with E-state index in [0.717, 1.165) is 6.07 Å². The Labute approximate surface area is 158 Å². The number of aromatic nitrogens is 2. The van der Waals surface area contributed by atoms with Gasteiger partial charge in [0.15, 0.2) is 0 Å². The molecule has 0 aliphatic carbocycles. The van der Waals surface area contributed by atoms with Gasteiger partial charge in [0.25, 0.3) is 5.91 Å². The van der Waals surface area contributed by atoms with E-state index in [4.69, 9.17) is 10.5 Å². The molecule has 0 aliphatic heterocycles. The summed E-state index contributed by atoms with van der Waals surface area (Å²) in [4.78, 5) is 19.7. The van der Waals surface area contributed by atoms with E-state index in [-0.39, 0.29) is 29.4 Å². The summed E-state index contributed by atoms with van der Waals surface area (Å²) in [6.07, 6.45) is -3.32. The van der Waals surface area contributed by atoms with Crippen molar-refractivity contribution in [2.24, 2.45) is 5.73 Å². The number of hydrogen-bond acceptors (Lipinski definition) is 5. The second-order valence-electron chi connectivity index (χ2n) is 5.70. The molecule has 28 heavy (non-hydrogen) atoms. The molecule has 0 atom stereocenters. The Morgan fingerprint density at radius 2 is 1.86 bits per heavy atom. The summed E-state index contributed by atoms with van der Waals surface area (Å²) in [5.74, 6) is -0.657. The highest BCUT2D eigenvalue weighted by Gasteiger charge is 2.33. The predicted octanol–water partition coefficient (Wildman–Crippen LogP) is 4.00. The summed E-state index contributed by atoms with van der Waals surface area (Å²) in [6.45, 7) is -0.108. The smallest absolute Gasteiger partial charge is 0.433 e. The number of anilines is 1. The molecule has 0 radical (unpaired) electrons. The zero-order valence-electron chi connectivity index (χ0n) is 14.4. The average Bonchev–Trinajstić information content (AvgIpc) is 2.68. The molecule has 2 aromatic heterocycles. The van der Waals surface area contributed by atoms with Gasteiger partial charge in [-0.2, -0.15) is 13.2 Å². The highest BCUT2D eigenvalue weighted by molar-refractivity contribution is 6.03. The Kier molecular flexibility index (Phi) is 5.55. The van der Waals surface area contributed by atoms with Crippen molar-refractivity contribution >= 4 is 11.6 Å². The number of nitrogens with zero attached hydrogens (tertiary/aromatic N) is 2. The van der Waals surface area contributed by atoms with Crippen LogP contribution in [0.1, 0.15) is 21.7 Å². The van der Waals surface area contributed by atoms with Crippen LogP contribution in [0.3, 0.4) is 0 Å². The van der Waals surface area contributed by atoms with Crippen molar-refractivity contribution in [2.45, 2.75) is 12.7 Å². The molecule has 3 aromatic rings. The lowest BCUT2D eigenvalue weighted by Gasteiger charge is -2.11. The Balaban J connectivity index is 1.82. The Morgan fingerprint density at radius 3 is 2.54 bits per heavy atom. The first-order valence-electron chi connectivity index (χ1n) is 8.13. The van der Waals surface area contributed by atoms with Gasteiger partial charge < -0.3 is 15.8 Å². The van der Waals surface area contributed by atoms with Crippen LogP contribution in [0.15, 0.2) is 60.8 Å². The van der Waals surface area contributed by atoms with Crippen molar-refractivity contribution in [2.75, 3.05) is 5.32 Å². The Morgan fingerprint density at radius 1 is 1.11 bits per heavy atom. The molecule has 1 amide bonds. The summed E-state index contributed by atoms with van der Waals surface area (Å²) in [7, 11) is 0. The van der Waals surface area contributed by atoms with Crippen LogP contribution >= 0.6 is 0 Å². The molecule has 0 spiro atoms. The van der Waals surface area contributed by atoms with E-state index in [1.165, 1.54) is 24.4 Å². The van der Waals surface area contributed by atoms with E-state index in [0.29, 0.717) is 5.69 Å². The third-order valence-corrected chi connectivity index (χ3v) is 3.61. The van der Waals surface area contributed by atoms with Crippen molar-refractivity contribution < 1.29 is 22.7 Å². The van der Waals surface area contributed by atoms with E-state index < -0.39 is 17.8 Å². The van der Waals surface area contributed by atoms with E-state index in [1.54, 1.807) is 30.3 Å². The fourth-order valence-corrected chi connectivity index (χ4v) is 2.31. The molecular weight excluding hydrogens is 373 g/mol. The van der Waals surface area contributed by atoms with Gasteiger partial charge in [0.2, 0.25) is 5.88 Å². The minimum atomic E-state index is -4.64. The molecule has 3 rings (SSSR count). The number of ether oxygens (including phenoxy) is 1. The normalized spacial score (nSPS) is 11.1. The molecule has 0 saturated carbocycles. The molecule has 3 N–H and O–H groups in total. The molecular formula is C19H15F3N4O2. The Hall–Kier alpha value is -3.46. The summed E-state index contributed by atoms with van der Waals surface area (Å²) < 4.78 is 44.3. The van der Waals surface area contributed by atoms with Crippen LogP contribution in [-0.2, 0) is 12.7 Å². The van der Waals surface area contributed by atoms with Gasteiger partial charge in [0.1, 0.15) is 17.1 Å². The van der Waals surface area contributed by atoms with Gasteiger partial charge in [-0.25, -0.2) is 4.98 Å². The number of amides is 1. The number of nitrogens with two attached hydrogens (primary N) is 1. The first-order chi connectivity index (χ1) is 13.3. The highest BCUT2D eigenvalue weighted by Crippen LogP contribution is 2.31. The maximum absolute atomic E-state index is 13.0. The fourth-order valence-electron chi connectivity index (χ4n) is 2.31. The molecule has 0 unspecified atom stereocenters. The summed E-state index contributed by atoms with van der Waals surface area (Å²) >= 11 is 0. The van der Waals surface area contributed by atoms with E-state index >= 15 is 0 Å². The largest absolute Gasteiger partial charge is 0.439 e. The monoisotopic (exact) mass is 388 g/mol. The molecule has 9 heteroatoms. The number of carbonyl (C=O) groups excluding carboxylic acids is 1. The van der Waals surface area contributed by atoms with Gasteiger partial charge in [0.05, 0.1) is 0 Å². The number of alkyl halides is 3. The SMILES string of the molecule is NCc1cc(Oc2ccnc(C(=O)Nc3ccccc3)c2)nc(C(F)(F)F)c1. The molecule has 6 nitrogen and oxygen atoms in total. The number of pyridine rings is 2. The third-order valence-electron chi connectivity index (χ3n) is 3.61. The zero-order chi connectivity index (χ0) is 20.1. The van der Waals surface area contributed by atoms with Gasteiger partial charge in [-0.15, -0.1) is 0 Å². The number of benzene rings is 1. The number of halogens is 3. The molecule has 0 aliphatic rings. The number of carbonyl (C=O) groups is 1. The maximum atomic E-state index is 13.0. The van der Waals surface area contributed by atoms with E-state index in [1.807, 2.05) is 0 Å². The van der Waals surface area contributed by atoms with Gasteiger partial charge in [0, 0.05) is 30.6 Å². The van der Waals surface area contributed by atoms with Crippen molar-refractivity contribution in [3.63, 3.8) is 0 Å². The first kappa shape index (κ1) is 19.3. The van der Waals surface area contributed by atoms with Crippen LogP contribution in [0.4, 0.5) is 18.9 Å². The van der Waals surface area contributed by atoms with Crippen LogP contribution < -0.4 is 15.8 Å². The van der Waals surface area contributed by atoms with Gasteiger partial charge in [-0.3, -0.25) is 9.78 Å². The quantitative estimate of drug-likeness (QED) is 0.690. The lowest BCUT2D eigenvalue weighted by molar-refractivity contribution is -0.141. The summed E-state index contributed by atoms with van der Waals surface area (Å²) in [5.41, 5.74) is 5.17. The van der Waals surface area contributed by atoms with Crippen LogP contribution in [0.5, 0.6) is 11.6 Å². The van der Waals surface area contributed by atoms with Gasteiger partial charge in [-0.05, 0) is 29.8 Å². The fraction of sp³-hybridized carbons (Fsp3) is 0.105. The number of nitrogens with one attached hydrogen (secondary N) is 1. The minimum Gasteiger partial charge on any atom is -0.439 e. The molecule has 0 bridgehead atoms. The van der Waals surface area contributed by atoms with Gasteiger partial charge in [-0.1, -0.05) is 18.2 Å². The standard InChI is InChI=1S/C19H15F3N4O2/c20-19(21,22)16-8-12(11-23)9-17(26-16)28-14-6-7-24-15(10-14)18(27)25-13-4-2-1-3-5-13/h1-10H,11,23H2,(H,25,27). The van der Waals surface area contributed by atoms with Crippen LogP contribution in [-0.4, -0.2) is 15.9 Å². The minimum absolute atomic E-state index is 0.0346. The lowest BCUT2D eigenvalue weighted by atomic mass is 10.2. The van der Waals surface area contributed by atoms with Crippen LogP contribution in [0, 0.1) is 0 Å².